The Hall–Kier alpha value is -1.58. The van der Waals surface area contributed by atoms with E-state index < -0.39 is 0 Å². The molecule has 3 rings (SSSR count). The minimum atomic E-state index is 0.147. The topological polar surface area (TPSA) is 25.2 Å². The van der Waals surface area contributed by atoms with Crippen LogP contribution in [-0.4, -0.2) is 6.54 Å². The Morgan fingerprint density at radius 3 is 2.90 bits per heavy atom. The number of hydrogen-bond donors (Lipinski definition) is 1. The highest BCUT2D eigenvalue weighted by molar-refractivity contribution is 7.08. The van der Waals surface area contributed by atoms with E-state index in [9.17, 15) is 0 Å². The van der Waals surface area contributed by atoms with Gasteiger partial charge in [-0.1, -0.05) is 18.6 Å². The summed E-state index contributed by atoms with van der Waals surface area (Å²) in [6.07, 6.45) is 1.11. The molecule has 104 valence electrons. The first-order chi connectivity index (χ1) is 9.78. The van der Waals surface area contributed by atoms with Crippen LogP contribution in [0.25, 0.3) is 11.0 Å². The minimum absolute atomic E-state index is 0.147. The summed E-state index contributed by atoms with van der Waals surface area (Å²) in [6.45, 7) is 5.27. The van der Waals surface area contributed by atoms with Crippen molar-refractivity contribution in [2.45, 2.75) is 26.3 Å². The fraction of sp³-hybridized carbons (Fsp3) is 0.294. The number of hydrogen-bond acceptors (Lipinski definition) is 3. The molecule has 1 unspecified atom stereocenters. The lowest BCUT2D eigenvalue weighted by molar-refractivity contribution is 0.470. The van der Waals surface area contributed by atoms with E-state index in [-0.39, 0.29) is 6.04 Å². The zero-order valence-corrected chi connectivity index (χ0v) is 12.7. The maximum Gasteiger partial charge on any atom is 0.134 e. The van der Waals surface area contributed by atoms with Crippen LogP contribution in [0.3, 0.4) is 0 Å². The Bertz CT molecular complexity index is 684. The van der Waals surface area contributed by atoms with Crippen molar-refractivity contribution in [3.05, 3.63) is 58.0 Å². The minimum Gasteiger partial charge on any atom is -0.459 e. The molecule has 0 radical (unpaired) electrons. The molecule has 1 aromatic carbocycles. The maximum atomic E-state index is 6.05. The Kier molecular flexibility index (Phi) is 3.90. The van der Waals surface area contributed by atoms with Crippen molar-refractivity contribution in [3.8, 4) is 0 Å². The Labute approximate surface area is 123 Å². The van der Waals surface area contributed by atoms with Crippen LogP contribution < -0.4 is 5.32 Å². The van der Waals surface area contributed by atoms with Crippen LogP contribution in [0.2, 0.25) is 0 Å². The van der Waals surface area contributed by atoms with Gasteiger partial charge in [-0.05, 0) is 60.5 Å². The van der Waals surface area contributed by atoms with Crippen molar-refractivity contribution in [3.63, 3.8) is 0 Å². The molecule has 2 aromatic heterocycles. The van der Waals surface area contributed by atoms with Gasteiger partial charge in [0.1, 0.15) is 11.3 Å². The first kappa shape index (κ1) is 13.4. The first-order valence-corrected chi connectivity index (χ1v) is 7.98. The summed E-state index contributed by atoms with van der Waals surface area (Å²) in [5, 5.41) is 9.06. The summed E-state index contributed by atoms with van der Waals surface area (Å²) in [7, 11) is 0. The molecule has 2 heterocycles. The molecule has 20 heavy (non-hydrogen) atoms. The molecule has 0 amide bonds. The third-order valence-electron chi connectivity index (χ3n) is 3.45. The van der Waals surface area contributed by atoms with Gasteiger partial charge in [-0.25, -0.2) is 0 Å². The van der Waals surface area contributed by atoms with Crippen LogP contribution in [0.4, 0.5) is 0 Å². The lowest BCUT2D eigenvalue weighted by Crippen LogP contribution is -2.22. The second kappa shape index (κ2) is 5.81. The van der Waals surface area contributed by atoms with E-state index >= 15 is 0 Å². The van der Waals surface area contributed by atoms with Crippen molar-refractivity contribution < 1.29 is 4.42 Å². The lowest BCUT2D eigenvalue weighted by atomic mass is 10.1. The highest BCUT2D eigenvalue weighted by atomic mass is 32.1. The molecule has 0 bridgehead atoms. The van der Waals surface area contributed by atoms with Crippen molar-refractivity contribution >= 4 is 22.3 Å². The smallest absolute Gasteiger partial charge is 0.134 e. The largest absolute Gasteiger partial charge is 0.459 e. The quantitative estimate of drug-likeness (QED) is 0.722. The van der Waals surface area contributed by atoms with Gasteiger partial charge in [0.25, 0.3) is 0 Å². The molecule has 3 heteroatoms. The average molecular weight is 285 g/mol. The SMILES string of the molecule is CCCNC(c1ccsc1)c1cc2cc(C)ccc2o1. The molecule has 3 aromatic rings. The summed E-state index contributed by atoms with van der Waals surface area (Å²) < 4.78 is 6.05. The number of thiophene rings is 1. The van der Waals surface area contributed by atoms with E-state index in [0.717, 1.165) is 24.3 Å². The molecule has 0 aliphatic heterocycles. The number of nitrogens with one attached hydrogen (secondary N) is 1. The van der Waals surface area contributed by atoms with E-state index in [0.29, 0.717) is 0 Å². The van der Waals surface area contributed by atoms with Gasteiger partial charge in [-0.2, -0.15) is 11.3 Å². The summed E-state index contributed by atoms with van der Waals surface area (Å²) >= 11 is 1.72. The fourth-order valence-electron chi connectivity index (χ4n) is 2.44. The molecular formula is C17H19NOS. The second-order valence-corrected chi connectivity index (χ2v) is 5.91. The molecule has 0 saturated heterocycles. The zero-order valence-electron chi connectivity index (χ0n) is 11.8. The molecule has 0 fully saturated rings. The molecule has 2 nitrogen and oxygen atoms in total. The van der Waals surface area contributed by atoms with Crippen LogP contribution in [0.15, 0.2) is 45.5 Å². The highest BCUT2D eigenvalue weighted by Gasteiger charge is 2.18. The molecule has 1 N–H and O–H groups in total. The lowest BCUT2D eigenvalue weighted by Gasteiger charge is -2.14. The summed E-state index contributed by atoms with van der Waals surface area (Å²) in [5.41, 5.74) is 3.50. The monoisotopic (exact) mass is 285 g/mol. The second-order valence-electron chi connectivity index (χ2n) is 5.13. The molecule has 0 spiro atoms. The van der Waals surface area contributed by atoms with Gasteiger partial charge < -0.3 is 9.73 Å². The fourth-order valence-corrected chi connectivity index (χ4v) is 3.12. The number of rotatable bonds is 5. The molecule has 1 atom stereocenters. The Balaban J connectivity index is 1.99. The molecular weight excluding hydrogens is 266 g/mol. The van der Waals surface area contributed by atoms with Crippen molar-refractivity contribution in [2.75, 3.05) is 6.54 Å². The van der Waals surface area contributed by atoms with Crippen LogP contribution >= 0.6 is 11.3 Å². The Morgan fingerprint density at radius 1 is 1.25 bits per heavy atom. The van der Waals surface area contributed by atoms with E-state index in [1.165, 1.54) is 16.5 Å². The molecule has 0 aliphatic carbocycles. The first-order valence-electron chi connectivity index (χ1n) is 7.03. The third kappa shape index (κ3) is 2.65. The van der Waals surface area contributed by atoms with Crippen LogP contribution in [0.5, 0.6) is 0 Å². The van der Waals surface area contributed by atoms with Crippen LogP contribution in [0.1, 0.15) is 36.3 Å². The summed E-state index contributed by atoms with van der Waals surface area (Å²) in [5.74, 6) is 0.998. The van der Waals surface area contributed by atoms with Gasteiger partial charge in [-0.3, -0.25) is 0 Å². The number of aryl methyl sites for hydroxylation is 1. The third-order valence-corrected chi connectivity index (χ3v) is 4.15. The van der Waals surface area contributed by atoms with Crippen molar-refractivity contribution in [1.29, 1.82) is 0 Å². The maximum absolute atomic E-state index is 6.05. The highest BCUT2D eigenvalue weighted by Crippen LogP contribution is 2.29. The van der Waals surface area contributed by atoms with Gasteiger partial charge in [0.05, 0.1) is 6.04 Å². The van der Waals surface area contributed by atoms with Gasteiger partial charge in [0, 0.05) is 5.39 Å². The van der Waals surface area contributed by atoms with E-state index in [1.807, 2.05) is 0 Å². The van der Waals surface area contributed by atoms with E-state index in [2.05, 4.69) is 60.3 Å². The summed E-state index contributed by atoms with van der Waals surface area (Å²) in [4.78, 5) is 0. The van der Waals surface area contributed by atoms with Gasteiger partial charge >= 0.3 is 0 Å². The Morgan fingerprint density at radius 2 is 2.15 bits per heavy atom. The van der Waals surface area contributed by atoms with Crippen molar-refractivity contribution in [1.82, 2.24) is 5.32 Å². The predicted molar refractivity (Wildman–Crippen MR) is 85.4 cm³/mol. The molecule has 0 aliphatic rings. The number of furan rings is 1. The van der Waals surface area contributed by atoms with Gasteiger partial charge in [0.15, 0.2) is 0 Å². The standard InChI is InChI=1S/C17H19NOS/c1-3-7-18-17(13-6-8-20-11-13)16-10-14-9-12(2)4-5-15(14)19-16/h4-6,8-11,17-18H,3,7H2,1-2H3. The van der Waals surface area contributed by atoms with Crippen LogP contribution in [0, 0.1) is 6.92 Å². The van der Waals surface area contributed by atoms with Gasteiger partial charge in [-0.15, -0.1) is 0 Å². The predicted octanol–water partition coefficient (Wildman–Crippen LogP) is 4.89. The summed E-state index contributed by atoms with van der Waals surface area (Å²) in [6, 6.07) is 10.8. The van der Waals surface area contributed by atoms with Crippen LogP contribution in [-0.2, 0) is 0 Å². The normalized spacial score (nSPS) is 12.9. The number of fused-ring (bicyclic) bond motifs is 1. The van der Waals surface area contributed by atoms with Crippen molar-refractivity contribution in [2.24, 2.45) is 0 Å². The average Bonchev–Trinajstić information content (AvgIpc) is 3.08. The van der Waals surface area contributed by atoms with E-state index in [4.69, 9.17) is 4.42 Å². The molecule has 0 saturated carbocycles. The van der Waals surface area contributed by atoms with Gasteiger partial charge in [0.2, 0.25) is 0 Å². The zero-order chi connectivity index (χ0) is 13.9. The van der Waals surface area contributed by atoms with E-state index in [1.54, 1.807) is 11.3 Å². The number of benzene rings is 1.